The Morgan fingerprint density at radius 1 is 0.953 bits per heavy atom. The molecule has 5 aliphatic rings. The average molecular weight is 655 g/mol. The maximum atomic E-state index is 13.0. The van der Waals surface area contributed by atoms with Crippen molar-refractivity contribution >= 4 is 17.9 Å². The molecule has 0 spiro atoms. The number of phosphoric ester groups is 1. The normalized spacial score (nSPS) is 52.0. The summed E-state index contributed by atoms with van der Waals surface area (Å²) in [5.41, 5.74) is -1.25. The summed E-state index contributed by atoms with van der Waals surface area (Å²) in [6.07, 6.45) is -3.54. The van der Waals surface area contributed by atoms with Crippen LogP contribution >= 0.6 is 7.82 Å². The molecule has 0 aromatic heterocycles. The average Bonchev–Trinajstić information content (AvgIpc) is 3.18. The summed E-state index contributed by atoms with van der Waals surface area (Å²) in [5, 5.41) is 42.4. The summed E-state index contributed by atoms with van der Waals surface area (Å²) in [6.45, 7) is 12.7. The smallest absolute Gasteiger partial charge is 0.391 e. The lowest BCUT2D eigenvalue weighted by molar-refractivity contribution is -0.242. The third kappa shape index (κ3) is 5.21. The van der Waals surface area contributed by atoms with E-state index >= 15 is 0 Å². The number of aliphatic hydroxyl groups is 3. The number of fused-ring (bicyclic) bond motifs is 7. The predicted octanol–water partition coefficient (Wildman–Crippen LogP) is 3.18. The summed E-state index contributed by atoms with van der Waals surface area (Å²) in [7, 11) is -7.90. The summed E-state index contributed by atoms with van der Waals surface area (Å²) in [4.78, 5) is 10.6. The van der Waals surface area contributed by atoms with Crippen molar-refractivity contribution in [2.24, 2.45) is 58.2 Å². The Labute approximate surface area is 255 Å². The first-order valence-corrected chi connectivity index (χ1v) is 18.7. The van der Waals surface area contributed by atoms with Gasteiger partial charge in [0.25, 0.3) is 10.1 Å². The Morgan fingerprint density at radius 3 is 2.16 bits per heavy atom. The van der Waals surface area contributed by atoms with Crippen molar-refractivity contribution in [2.75, 3.05) is 7.11 Å². The molecule has 0 aromatic rings. The third-order valence-corrected chi connectivity index (χ3v) is 15.4. The van der Waals surface area contributed by atoms with Gasteiger partial charge < -0.3 is 24.9 Å². The van der Waals surface area contributed by atoms with Crippen LogP contribution in [0.3, 0.4) is 0 Å². The van der Waals surface area contributed by atoms with Crippen molar-refractivity contribution in [3.8, 4) is 0 Å². The number of hydrogen-bond acceptors (Lipinski definition) is 11. The van der Waals surface area contributed by atoms with E-state index < -0.39 is 82.3 Å². The second kappa shape index (κ2) is 11.5. The Balaban J connectivity index is 1.58. The lowest BCUT2D eigenvalue weighted by Gasteiger charge is -2.64. The SMILES string of the molecule is COP(=O)(O)O[C@@H]1[C@H]2O[C@@H]([C@@H](C)C(C)C)C[C@@H](C)[C@@H]2[C@@]2(C)CC[C@H]3[C@@H]([C@@H](O)[C@@H](O)[C@H]4[C@@H](O)[C@H](S(=O)(=O)OO)CC[C@@]43C)[C@H]12. The number of ether oxygens (including phenoxy) is 1. The van der Waals surface area contributed by atoms with E-state index in [-0.39, 0.29) is 36.2 Å². The molecule has 1 aliphatic heterocycles. The first-order valence-electron chi connectivity index (χ1n) is 15.7. The molecule has 250 valence electrons. The Morgan fingerprint density at radius 2 is 1.58 bits per heavy atom. The Bertz CT molecular complexity index is 1200. The summed E-state index contributed by atoms with van der Waals surface area (Å²) in [6, 6.07) is 0. The van der Waals surface area contributed by atoms with Gasteiger partial charge in [0.15, 0.2) is 0 Å². The van der Waals surface area contributed by atoms with E-state index in [1.54, 1.807) is 0 Å². The van der Waals surface area contributed by atoms with Crippen LogP contribution in [0, 0.1) is 58.2 Å². The van der Waals surface area contributed by atoms with Gasteiger partial charge in [-0.3, -0.25) is 9.05 Å². The van der Waals surface area contributed by atoms with Gasteiger partial charge in [0.05, 0.1) is 36.6 Å². The van der Waals surface area contributed by atoms with Gasteiger partial charge in [0.2, 0.25) is 0 Å². The van der Waals surface area contributed by atoms with Crippen LogP contribution in [-0.2, 0) is 32.8 Å². The Hall–Kier alpha value is -0.180. The first-order chi connectivity index (χ1) is 19.9. The number of hydrogen-bond donors (Lipinski definition) is 5. The molecule has 1 heterocycles. The van der Waals surface area contributed by atoms with Crippen molar-refractivity contribution in [1.82, 2.24) is 0 Å². The molecule has 0 amide bonds. The second-order valence-corrected chi connectivity index (χ2v) is 18.4. The van der Waals surface area contributed by atoms with E-state index in [0.29, 0.717) is 25.2 Å². The van der Waals surface area contributed by atoms with Gasteiger partial charge in [0, 0.05) is 13.0 Å². The van der Waals surface area contributed by atoms with Gasteiger partial charge in [-0.05, 0) is 84.4 Å². The molecule has 0 radical (unpaired) electrons. The predicted molar refractivity (Wildman–Crippen MR) is 155 cm³/mol. The van der Waals surface area contributed by atoms with Crippen LogP contribution in [0.1, 0.15) is 73.6 Å². The molecule has 1 unspecified atom stereocenters. The van der Waals surface area contributed by atoms with Gasteiger partial charge in [-0.1, -0.05) is 41.5 Å². The molecule has 14 heteroatoms. The zero-order valence-electron chi connectivity index (χ0n) is 26.1. The molecule has 5 rings (SSSR count). The van der Waals surface area contributed by atoms with E-state index in [9.17, 15) is 33.2 Å². The van der Waals surface area contributed by atoms with E-state index in [2.05, 4.69) is 39.0 Å². The van der Waals surface area contributed by atoms with E-state index in [1.807, 2.05) is 6.92 Å². The Kier molecular flexibility index (Phi) is 9.14. The highest BCUT2D eigenvalue weighted by atomic mass is 32.2. The summed E-state index contributed by atoms with van der Waals surface area (Å²) >= 11 is 0. The van der Waals surface area contributed by atoms with Crippen LogP contribution in [0.5, 0.6) is 0 Å². The quantitative estimate of drug-likeness (QED) is 0.153. The fourth-order valence-electron chi connectivity index (χ4n) is 10.7. The van der Waals surface area contributed by atoms with Crippen LogP contribution in [0.25, 0.3) is 0 Å². The lowest BCUT2D eigenvalue weighted by atomic mass is 9.42. The molecule has 12 nitrogen and oxygen atoms in total. The molecule has 5 fully saturated rings. The van der Waals surface area contributed by atoms with E-state index in [4.69, 9.17) is 19.0 Å². The molecule has 1 saturated heterocycles. The zero-order valence-corrected chi connectivity index (χ0v) is 27.9. The van der Waals surface area contributed by atoms with Gasteiger partial charge in [-0.25, -0.2) is 9.82 Å². The number of phosphoric acid groups is 1. The van der Waals surface area contributed by atoms with Gasteiger partial charge in [-0.2, -0.15) is 8.42 Å². The summed E-state index contributed by atoms with van der Waals surface area (Å²) in [5.74, 6) is -1.62. The molecule has 0 bridgehead atoms. The minimum Gasteiger partial charge on any atom is -0.391 e. The topological polar surface area (TPSA) is 189 Å². The zero-order chi connectivity index (χ0) is 32.0. The maximum absolute atomic E-state index is 13.0. The monoisotopic (exact) mass is 654 g/mol. The van der Waals surface area contributed by atoms with Crippen LogP contribution in [-0.4, -0.2) is 82.9 Å². The van der Waals surface area contributed by atoms with E-state index in [0.717, 1.165) is 13.5 Å². The molecule has 4 aliphatic carbocycles. The highest BCUT2D eigenvalue weighted by molar-refractivity contribution is 7.87. The standard InChI is InChI=1S/C29H51O12PS/c1-13(2)15(4)17-12-14(3)20-26(39-17)27(40-42(34,35)38-7)21-19-16(8-10-29(20,21)6)28(5)11-9-18(43(36,37)41-33)23(30)22(28)25(32)24(19)31/h13-27,30-33H,8-12H2,1-7H3,(H,34,35)/t14-,15+,16+,17-,18-,19-,20+,21-,22-,23+,24-,25+,26+,27+,28-,29-/m1/s1. The van der Waals surface area contributed by atoms with Crippen molar-refractivity contribution in [3.63, 3.8) is 0 Å². The van der Waals surface area contributed by atoms with Crippen molar-refractivity contribution in [3.05, 3.63) is 0 Å². The summed E-state index contributed by atoms with van der Waals surface area (Å²) < 4.78 is 59.3. The highest BCUT2D eigenvalue weighted by Gasteiger charge is 2.73. The number of aliphatic hydroxyl groups excluding tert-OH is 3. The molecular weight excluding hydrogens is 603 g/mol. The van der Waals surface area contributed by atoms with Gasteiger partial charge in [0.1, 0.15) is 5.25 Å². The van der Waals surface area contributed by atoms with Crippen LogP contribution < -0.4 is 0 Å². The maximum Gasteiger partial charge on any atom is 0.472 e. The van der Waals surface area contributed by atoms with Crippen LogP contribution in [0.15, 0.2) is 0 Å². The molecule has 4 saturated carbocycles. The molecular formula is C29H51O12PS. The minimum absolute atomic E-state index is 0.000636. The minimum atomic E-state index is -4.51. The highest BCUT2D eigenvalue weighted by Crippen LogP contribution is 2.71. The number of rotatable bonds is 7. The third-order valence-electron chi connectivity index (χ3n) is 13.0. The first kappa shape index (κ1) is 34.2. The largest absolute Gasteiger partial charge is 0.472 e. The van der Waals surface area contributed by atoms with Gasteiger partial charge in [-0.15, -0.1) is 4.33 Å². The lowest BCUT2D eigenvalue weighted by Crippen LogP contribution is -2.69. The molecule has 0 aromatic carbocycles. The van der Waals surface area contributed by atoms with Crippen molar-refractivity contribution in [2.45, 2.75) is 116 Å². The second-order valence-electron chi connectivity index (χ2n) is 15.1. The van der Waals surface area contributed by atoms with Crippen LogP contribution in [0.4, 0.5) is 0 Å². The van der Waals surface area contributed by atoms with Gasteiger partial charge >= 0.3 is 7.82 Å². The fraction of sp³-hybridized carbons (Fsp3) is 1.00. The molecule has 5 N–H and O–H groups in total. The van der Waals surface area contributed by atoms with E-state index in [1.165, 1.54) is 0 Å². The fourth-order valence-corrected chi connectivity index (χ4v) is 12.4. The molecule has 17 atom stereocenters. The van der Waals surface area contributed by atoms with Crippen molar-refractivity contribution < 1.29 is 56.6 Å². The van der Waals surface area contributed by atoms with Crippen molar-refractivity contribution in [1.29, 1.82) is 0 Å². The molecule has 43 heavy (non-hydrogen) atoms. The van der Waals surface area contributed by atoms with Crippen LogP contribution in [0.2, 0.25) is 0 Å².